The van der Waals surface area contributed by atoms with Gasteiger partial charge in [0.25, 0.3) is 0 Å². The summed E-state index contributed by atoms with van der Waals surface area (Å²) in [6.45, 7) is 0. The van der Waals surface area contributed by atoms with Crippen molar-refractivity contribution in [3.63, 3.8) is 0 Å². The second-order valence-electron chi connectivity index (χ2n) is 3.52. The first kappa shape index (κ1) is 9.57. The van der Waals surface area contributed by atoms with Crippen molar-refractivity contribution in [3.8, 4) is 0 Å². The summed E-state index contributed by atoms with van der Waals surface area (Å²) in [5.41, 5.74) is 0. The van der Waals surface area contributed by atoms with Crippen LogP contribution in [0.4, 0.5) is 0 Å². The summed E-state index contributed by atoms with van der Waals surface area (Å²) in [6, 6.07) is 0. The molecule has 0 aromatic carbocycles. The van der Waals surface area contributed by atoms with E-state index in [0.29, 0.717) is 0 Å². The lowest BCUT2D eigenvalue weighted by Crippen LogP contribution is -1.79. The van der Waals surface area contributed by atoms with E-state index in [9.17, 15) is 0 Å². The van der Waals surface area contributed by atoms with Crippen LogP contribution in [0.25, 0.3) is 0 Å². The highest BCUT2D eigenvalue weighted by Gasteiger charge is 1.89. The Bertz CT molecular complexity index is 126. The Labute approximate surface area is 76.4 Å². The molecule has 0 radical (unpaired) electrons. The molecule has 0 N–H and O–H groups in total. The normalized spacial score (nSPS) is 24.0. The van der Waals surface area contributed by atoms with Gasteiger partial charge in [0.1, 0.15) is 0 Å². The van der Waals surface area contributed by atoms with Crippen molar-refractivity contribution in [3.05, 3.63) is 24.3 Å². The van der Waals surface area contributed by atoms with Crippen molar-refractivity contribution in [1.29, 1.82) is 0 Å². The summed E-state index contributed by atoms with van der Waals surface area (Å²) in [4.78, 5) is 0. The molecular weight excluding hydrogens is 144 g/mol. The van der Waals surface area contributed by atoms with Gasteiger partial charge in [-0.15, -0.1) is 0 Å². The third kappa shape index (κ3) is 5.17. The second-order valence-corrected chi connectivity index (χ2v) is 3.52. The fourth-order valence-electron chi connectivity index (χ4n) is 1.56. The van der Waals surface area contributed by atoms with E-state index in [-0.39, 0.29) is 0 Å². The van der Waals surface area contributed by atoms with E-state index >= 15 is 0 Å². The molecule has 0 fully saturated rings. The Balaban J connectivity index is 2.20. The van der Waals surface area contributed by atoms with E-state index in [1.54, 1.807) is 0 Å². The first-order valence-electron chi connectivity index (χ1n) is 5.30. The second kappa shape index (κ2) is 7.15. The Hall–Kier alpha value is -0.520. The summed E-state index contributed by atoms with van der Waals surface area (Å²) in [5, 5.41) is 0. The Morgan fingerprint density at radius 1 is 0.500 bits per heavy atom. The van der Waals surface area contributed by atoms with Gasteiger partial charge in [0.2, 0.25) is 0 Å². The first-order valence-corrected chi connectivity index (χ1v) is 5.30. The predicted octanol–water partition coefficient (Wildman–Crippen LogP) is 4.23. The molecular formula is C12H20. The molecule has 0 aliphatic heterocycles. The molecule has 12 heavy (non-hydrogen) atoms. The van der Waals surface area contributed by atoms with Gasteiger partial charge in [-0.05, 0) is 32.1 Å². The summed E-state index contributed by atoms with van der Waals surface area (Å²) in [5.74, 6) is 0. The van der Waals surface area contributed by atoms with Crippen molar-refractivity contribution < 1.29 is 0 Å². The van der Waals surface area contributed by atoms with Gasteiger partial charge in [-0.2, -0.15) is 0 Å². The molecule has 1 rings (SSSR count). The van der Waals surface area contributed by atoms with Crippen molar-refractivity contribution >= 4 is 0 Å². The van der Waals surface area contributed by atoms with E-state index in [1.807, 2.05) is 0 Å². The van der Waals surface area contributed by atoms with Crippen LogP contribution in [0.2, 0.25) is 0 Å². The third-order valence-corrected chi connectivity index (χ3v) is 2.35. The van der Waals surface area contributed by atoms with Gasteiger partial charge < -0.3 is 0 Å². The molecule has 0 aromatic heterocycles. The smallest absolute Gasteiger partial charge is 0.0169 e. The van der Waals surface area contributed by atoms with Gasteiger partial charge in [-0.1, -0.05) is 43.6 Å². The minimum atomic E-state index is 1.14. The molecule has 0 bridgehead atoms. The van der Waals surface area contributed by atoms with Gasteiger partial charge >= 0.3 is 0 Å². The van der Waals surface area contributed by atoms with Crippen LogP contribution >= 0.6 is 0 Å². The van der Waals surface area contributed by atoms with Crippen LogP contribution in [0.3, 0.4) is 0 Å². The lowest BCUT2D eigenvalue weighted by Gasteiger charge is -1.99. The molecule has 0 nitrogen and oxygen atoms in total. The zero-order valence-electron chi connectivity index (χ0n) is 7.97. The molecule has 0 heteroatoms. The van der Waals surface area contributed by atoms with Gasteiger partial charge in [-0.25, -0.2) is 0 Å². The maximum Gasteiger partial charge on any atom is -0.0169 e. The Morgan fingerprint density at radius 2 is 1.00 bits per heavy atom. The zero-order chi connectivity index (χ0) is 8.49. The van der Waals surface area contributed by atoms with Crippen LogP contribution in [-0.4, -0.2) is 0 Å². The molecule has 0 saturated heterocycles. The standard InChI is InChI=1S/C12H20/c1-2-4-6-8-10-12-11-9-7-5-3-1/h1-2,5,7H,3-4,6,8-12H2/b2-1+,7-5?. The van der Waals surface area contributed by atoms with Crippen LogP contribution in [-0.2, 0) is 0 Å². The summed E-state index contributed by atoms with van der Waals surface area (Å²) < 4.78 is 0. The lowest BCUT2D eigenvalue weighted by molar-refractivity contribution is 0.621. The first-order chi connectivity index (χ1) is 6.00. The predicted molar refractivity (Wildman–Crippen MR) is 55.2 cm³/mol. The molecule has 0 amide bonds. The van der Waals surface area contributed by atoms with E-state index in [4.69, 9.17) is 0 Å². The fraction of sp³-hybridized carbons (Fsp3) is 0.667. The minimum absolute atomic E-state index is 1.14. The molecule has 0 heterocycles. The van der Waals surface area contributed by atoms with Crippen LogP contribution in [0.15, 0.2) is 24.3 Å². The molecule has 1 aliphatic rings. The molecule has 0 aromatic rings. The van der Waals surface area contributed by atoms with Crippen molar-refractivity contribution in [1.82, 2.24) is 0 Å². The highest BCUT2D eigenvalue weighted by molar-refractivity contribution is 4.92. The van der Waals surface area contributed by atoms with E-state index in [1.165, 1.54) is 44.9 Å². The molecule has 0 unspecified atom stereocenters. The molecule has 0 spiro atoms. The van der Waals surface area contributed by atoms with Crippen molar-refractivity contribution in [2.45, 2.75) is 51.4 Å². The quantitative estimate of drug-likeness (QED) is 0.470. The number of hydrogen-bond acceptors (Lipinski definition) is 0. The summed E-state index contributed by atoms with van der Waals surface area (Å²) >= 11 is 0. The monoisotopic (exact) mass is 164 g/mol. The SMILES string of the molecule is C1=CCCCCCCC/C=C/C1. The van der Waals surface area contributed by atoms with Gasteiger partial charge in [0.05, 0.1) is 0 Å². The maximum absolute atomic E-state index is 2.33. The van der Waals surface area contributed by atoms with E-state index < -0.39 is 0 Å². The molecule has 0 saturated carbocycles. The van der Waals surface area contributed by atoms with Gasteiger partial charge in [-0.3, -0.25) is 0 Å². The molecule has 1 aliphatic carbocycles. The van der Waals surface area contributed by atoms with Crippen molar-refractivity contribution in [2.75, 3.05) is 0 Å². The van der Waals surface area contributed by atoms with E-state index in [2.05, 4.69) is 24.3 Å². The average Bonchev–Trinajstić information content (AvgIpc) is 2.05. The third-order valence-electron chi connectivity index (χ3n) is 2.35. The van der Waals surface area contributed by atoms with Crippen LogP contribution in [0.5, 0.6) is 0 Å². The summed E-state index contributed by atoms with van der Waals surface area (Å²) in [7, 11) is 0. The van der Waals surface area contributed by atoms with E-state index in [0.717, 1.165) is 6.42 Å². The highest BCUT2D eigenvalue weighted by Crippen LogP contribution is 2.09. The number of allylic oxidation sites excluding steroid dienone is 4. The zero-order valence-corrected chi connectivity index (χ0v) is 7.97. The number of hydrogen-bond donors (Lipinski definition) is 0. The van der Waals surface area contributed by atoms with Crippen LogP contribution in [0, 0.1) is 0 Å². The average molecular weight is 164 g/mol. The van der Waals surface area contributed by atoms with Crippen LogP contribution < -0.4 is 0 Å². The number of rotatable bonds is 0. The molecule has 0 atom stereocenters. The summed E-state index contributed by atoms with van der Waals surface area (Å²) in [6.07, 6.45) is 20.0. The molecule has 68 valence electrons. The van der Waals surface area contributed by atoms with Gasteiger partial charge in [0, 0.05) is 0 Å². The topological polar surface area (TPSA) is 0 Å². The minimum Gasteiger partial charge on any atom is -0.0882 e. The fourth-order valence-corrected chi connectivity index (χ4v) is 1.56. The Morgan fingerprint density at radius 3 is 1.58 bits per heavy atom. The van der Waals surface area contributed by atoms with Crippen LogP contribution in [0.1, 0.15) is 51.4 Å². The van der Waals surface area contributed by atoms with Crippen molar-refractivity contribution in [2.24, 2.45) is 0 Å². The van der Waals surface area contributed by atoms with Gasteiger partial charge in [0.15, 0.2) is 0 Å². The maximum atomic E-state index is 2.33. The highest BCUT2D eigenvalue weighted by atomic mass is 14.0. The lowest BCUT2D eigenvalue weighted by atomic mass is 10.1. The Kier molecular flexibility index (Phi) is 5.70. The largest absolute Gasteiger partial charge is 0.0882 e.